The second kappa shape index (κ2) is 8.76. The molecule has 0 spiro atoms. The highest BCUT2D eigenvalue weighted by Crippen LogP contribution is 2.29. The third-order valence-electron chi connectivity index (χ3n) is 6.05. The molecule has 1 fully saturated rings. The number of hydrogen-bond donors (Lipinski definition) is 0. The maximum absolute atomic E-state index is 13.2. The lowest BCUT2D eigenvalue weighted by Crippen LogP contribution is -2.48. The number of imidazole rings is 1. The van der Waals surface area contributed by atoms with Crippen molar-refractivity contribution in [1.29, 1.82) is 0 Å². The minimum atomic E-state index is 0.114. The van der Waals surface area contributed by atoms with Gasteiger partial charge in [-0.2, -0.15) is 0 Å². The van der Waals surface area contributed by atoms with Crippen molar-refractivity contribution in [1.82, 2.24) is 19.2 Å². The Kier molecular flexibility index (Phi) is 5.68. The van der Waals surface area contributed by atoms with Crippen LogP contribution in [-0.4, -0.2) is 58.4 Å². The van der Waals surface area contributed by atoms with E-state index in [1.165, 1.54) is 16.9 Å². The molecular formula is C25H26N4O2S. The van der Waals surface area contributed by atoms with Crippen LogP contribution in [0.15, 0.2) is 60.8 Å². The van der Waals surface area contributed by atoms with Gasteiger partial charge in [-0.3, -0.25) is 14.1 Å². The highest BCUT2D eigenvalue weighted by molar-refractivity contribution is 7.19. The maximum atomic E-state index is 13.2. The molecule has 32 heavy (non-hydrogen) atoms. The van der Waals surface area contributed by atoms with Gasteiger partial charge in [-0.1, -0.05) is 41.7 Å². The van der Waals surface area contributed by atoms with Gasteiger partial charge in [0, 0.05) is 50.2 Å². The summed E-state index contributed by atoms with van der Waals surface area (Å²) in [5.41, 5.74) is 4.20. The van der Waals surface area contributed by atoms with E-state index in [1.807, 2.05) is 52.8 Å². The zero-order chi connectivity index (χ0) is 22.1. The molecular weight excluding hydrogens is 420 g/mol. The second-order valence-electron chi connectivity index (χ2n) is 8.08. The first-order chi connectivity index (χ1) is 15.6. The number of rotatable bonds is 5. The van der Waals surface area contributed by atoms with Gasteiger partial charge in [-0.25, -0.2) is 4.98 Å². The van der Waals surface area contributed by atoms with Crippen LogP contribution in [0.4, 0.5) is 0 Å². The molecule has 0 unspecified atom stereocenters. The van der Waals surface area contributed by atoms with E-state index in [-0.39, 0.29) is 5.91 Å². The Morgan fingerprint density at radius 1 is 1.03 bits per heavy atom. The Bertz CT molecular complexity index is 1220. The molecule has 5 rings (SSSR count). The number of methoxy groups -OCH3 is 1. The largest absolute Gasteiger partial charge is 0.497 e. The van der Waals surface area contributed by atoms with Gasteiger partial charge in [0.1, 0.15) is 10.6 Å². The molecule has 1 aliphatic rings. The first kappa shape index (κ1) is 20.7. The Balaban J connectivity index is 1.28. The van der Waals surface area contributed by atoms with E-state index >= 15 is 0 Å². The summed E-state index contributed by atoms with van der Waals surface area (Å²) in [4.78, 5) is 24.0. The quantitative estimate of drug-likeness (QED) is 0.458. The molecule has 0 bridgehead atoms. The highest BCUT2D eigenvalue weighted by atomic mass is 32.1. The molecule has 6 nitrogen and oxygen atoms in total. The zero-order valence-corrected chi connectivity index (χ0v) is 19.1. The predicted molar refractivity (Wildman–Crippen MR) is 127 cm³/mol. The Labute approximate surface area is 191 Å². The molecule has 0 radical (unpaired) electrons. The molecule has 1 amide bonds. The van der Waals surface area contributed by atoms with Gasteiger partial charge in [-0.05, 0) is 36.8 Å². The maximum Gasteiger partial charge on any atom is 0.265 e. The van der Waals surface area contributed by atoms with E-state index in [1.54, 1.807) is 7.11 Å². The number of nitrogens with zero attached hydrogens (tertiary/aromatic N) is 4. The fourth-order valence-corrected chi connectivity index (χ4v) is 5.22. The van der Waals surface area contributed by atoms with Crippen LogP contribution in [0.5, 0.6) is 5.75 Å². The first-order valence-electron chi connectivity index (χ1n) is 10.8. The van der Waals surface area contributed by atoms with Crippen molar-refractivity contribution in [3.63, 3.8) is 0 Å². The number of fused-ring (bicyclic) bond motifs is 1. The fourth-order valence-electron chi connectivity index (χ4n) is 4.14. The molecule has 3 heterocycles. The Morgan fingerprint density at radius 3 is 2.41 bits per heavy atom. The molecule has 1 saturated heterocycles. The van der Waals surface area contributed by atoms with Gasteiger partial charge >= 0.3 is 0 Å². The average Bonchev–Trinajstić information content (AvgIpc) is 3.39. The number of aryl methyl sites for hydroxylation is 1. The number of aromatic nitrogens is 2. The third kappa shape index (κ3) is 4.01. The zero-order valence-electron chi connectivity index (χ0n) is 18.3. The topological polar surface area (TPSA) is 50.1 Å². The summed E-state index contributed by atoms with van der Waals surface area (Å²) in [6, 6.07) is 18.4. The molecule has 4 aromatic rings. The summed E-state index contributed by atoms with van der Waals surface area (Å²) in [5.74, 6) is 0.936. The van der Waals surface area contributed by atoms with Crippen LogP contribution < -0.4 is 4.74 Å². The number of hydrogen-bond acceptors (Lipinski definition) is 5. The molecule has 2 aromatic carbocycles. The van der Waals surface area contributed by atoms with Gasteiger partial charge in [0.25, 0.3) is 5.91 Å². The molecule has 7 heteroatoms. The lowest BCUT2D eigenvalue weighted by molar-refractivity contribution is 0.0632. The Morgan fingerprint density at radius 2 is 1.75 bits per heavy atom. The van der Waals surface area contributed by atoms with Crippen molar-refractivity contribution in [2.75, 3.05) is 33.3 Å². The van der Waals surface area contributed by atoms with Gasteiger partial charge in [0.15, 0.2) is 4.96 Å². The van der Waals surface area contributed by atoms with Crippen molar-refractivity contribution in [2.24, 2.45) is 0 Å². The van der Waals surface area contributed by atoms with Crippen molar-refractivity contribution in [3.8, 4) is 17.0 Å². The number of thiazole rings is 1. The van der Waals surface area contributed by atoms with Crippen LogP contribution in [0.25, 0.3) is 16.2 Å². The van der Waals surface area contributed by atoms with Crippen LogP contribution in [0.3, 0.4) is 0 Å². The third-order valence-corrected chi connectivity index (χ3v) is 7.19. The van der Waals surface area contributed by atoms with Gasteiger partial charge in [0.05, 0.1) is 12.8 Å². The van der Waals surface area contributed by atoms with Crippen LogP contribution in [0.1, 0.15) is 20.9 Å². The van der Waals surface area contributed by atoms with Crippen LogP contribution in [0.2, 0.25) is 0 Å². The Hall–Kier alpha value is -3.16. The number of benzene rings is 2. The van der Waals surface area contributed by atoms with Crippen LogP contribution in [-0.2, 0) is 6.54 Å². The first-order valence-corrected chi connectivity index (χ1v) is 11.6. The summed E-state index contributed by atoms with van der Waals surface area (Å²) in [6.45, 7) is 6.23. The summed E-state index contributed by atoms with van der Waals surface area (Å²) in [5, 5.41) is 0. The van der Waals surface area contributed by atoms with E-state index in [2.05, 4.69) is 29.2 Å². The standard InChI is InChI=1S/C25H26N4O2S/c1-18-23(24(30)28-14-12-27(13-15-28)16-19-6-4-3-5-7-19)32-25-26-22(17-29(18)25)20-8-10-21(31-2)11-9-20/h3-11,17H,12-16H2,1-2H3. The van der Waals surface area contributed by atoms with Gasteiger partial charge in [-0.15, -0.1) is 0 Å². The second-order valence-corrected chi connectivity index (χ2v) is 9.06. The molecule has 0 atom stereocenters. The summed E-state index contributed by atoms with van der Waals surface area (Å²) < 4.78 is 7.27. The predicted octanol–water partition coefficient (Wildman–Crippen LogP) is 4.34. The van der Waals surface area contributed by atoms with Gasteiger partial charge in [0.2, 0.25) is 0 Å². The van der Waals surface area contributed by atoms with Crippen molar-refractivity contribution in [2.45, 2.75) is 13.5 Å². The van der Waals surface area contributed by atoms with E-state index in [9.17, 15) is 4.79 Å². The minimum Gasteiger partial charge on any atom is -0.497 e. The molecule has 2 aromatic heterocycles. The van der Waals surface area contributed by atoms with E-state index < -0.39 is 0 Å². The monoisotopic (exact) mass is 446 g/mol. The number of carbonyl (C=O) groups excluding carboxylic acids is 1. The number of piperazine rings is 1. The molecule has 0 aliphatic carbocycles. The summed E-state index contributed by atoms with van der Waals surface area (Å²) in [7, 11) is 1.66. The number of carbonyl (C=O) groups is 1. The lowest BCUT2D eigenvalue weighted by Gasteiger charge is -2.34. The summed E-state index contributed by atoms with van der Waals surface area (Å²) in [6.07, 6.45) is 2.01. The van der Waals surface area contributed by atoms with Crippen LogP contribution in [0, 0.1) is 6.92 Å². The van der Waals surface area contributed by atoms with Crippen molar-refractivity contribution < 1.29 is 9.53 Å². The fraction of sp³-hybridized carbons (Fsp3) is 0.280. The SMILES string of the molecule is COc1ccc(-c2cn3c(C)c(C(=O)N4CCN(Cc5ccccc5)CC4)sc3n2)cc1. The lowest BCUT2D eigenvalue weighted by atomic mass is 10.2. The normalized spacial score (nSPS) is 14.8. The smallest absolute Gasteiger partial charge is 0.265 e. The molecule has 0 saturated carbocycles. The number of amides is 1. The number of ether oxygens (including phenoxy) is 1. The average molecular weight is 447 g/mol. The van der Waals surface area contributed by atoms with Crippen LogP contribution >= 0.6 is 11.3 Å². The highest BCUT2D eigenvalue weighted by Gasteiger charge is 2.26. The molecule has 164 valence electrons. The van der Waals surface area contributed by atoms with E-state index in [0.717, 1.165) is 65.3 Å². The van der Waals surface area contributed by atoms with E-state index in [0.29, 0.717) is 0 Å². The molecule has 0 N–H and O–H groups in total. The van der Waals surface area contributed by atoms with Crippen molar-refractivity contribution >= 4 is 22.2 Å². The van der Waals surface area contributed by atoms with Gasteiger partial charge < -0.3 is 9.64 Å². The van der Waals surface area contributed by atoms with Crippen molar-refractivity contribution in [3.05, 3.63) is 76.9 Å². The summed E-state index contributed by atoms with van der Waals surface area (Å²) >= 11 is 1.47. The van der Waals surface area contributed by atoms with E-state index in [4.69, 9.17) is 9.72 Å². The minimum absolute atomic E-state index is 0.114. The molecule has 1 aliphatic heterocycles.